The Hall–Kier alpha value is -2.56. The van der Waals surface area contributed by atoms with Gasteiger partial charge in [-0.25, -0.2) is 0 Å². The van der Waals surface area contributed by atoms with Crippen LogP contribution >= 0.6 is 0 Å². The minimum absolute atomic E-state index is 0.101. The molecule has 2 N–H and O–H groups in total. The first kappa shape index (κ1) is 18.8. The SMILES string of the molecule is COc1ccc(CNC(=O)/C(C#N)=C\N2CCN(CCO)CC2)cc1. The van der Waals surface area contributed by atoms with Gasteiger partial charge in [-0.05, 0) is 17.7 Å². The second-order valence-corrected chi connectivity index (χ2v) is 5.79. The maximum absolute atomic E-state index is 12.2. The Bertz CT molecular complexity index is 629. The number of nitriles is 1. The van der Waals surface area contributed by atoms with Gasteiger partial charge >= 0.3 is 0 Å². The van der Waals surface area contributed by atoms with E-state index in [0.717, 1.165) is 37.5 Å². The first-order valence-corrected chi connectivity index (χ1v) is 8.26. The Balaban J connectivity index is 1.86. The first-order chi connectivity index (χ1) is 12.2. The van der Waals surface area contributed by atoms with E-state index in [2.05, 4.69) is 10.2 Å². The zero-order chi connectivity index (χ0) is 18.1. The van der Waals surface area contributed by atoms with Gasteiger partial charge in [0.15, 0.2) is 0 Å². The predicted octanol–water partition coefficient (Wildman–Crippen LogP) is 0.329. The number of aliphatic hydroxyl groups excluding tert-OH is 1. The number of carbonyl (C=O) groups is 1. The smallest absolute Gasteiger partial charge is 0.263 e. The van der Waals surface area contributed by atoms with Crippen molar-refractivity contribution in [2.45, 2.75) is 6.54 Å². The van der Waals surface area contributed by atoms with Crippen molar-refractivity contribution < 1.29 is 14.6 Å². The molecule has 1 aliphatic rings. The van der Waals surface area contributed by atoms with Crippen molar-refractivity contribution in [2.24, 2.45) is 0 Å². The fourth-order valence-electron chi connectivity index (χ4n) is 2.60. The number of amides is 1. The molecular weight excluding hydrogens is 320 g/mol. The third kappa shape index (κ3) is 5.78. The molecule has 7 nitrogen and oxygen atoms in total. The van der Waals surface area contributed by atoms with Gasteiger partial charge in [-0.3, -0.25) is 9.69 Å². The molecule has 134 valence electrons. The van der Waals surface area contributed by atoms with Crippen LogP contribution in [0, 0.1) is 11.3 Å². The summed E-state index contributed by atoms with van der Waals surface area (Å²) in [5.41, 5.74) is 1.04. The van der Waals surface area contributed by atoms with Gasteiger partial charge in [0.25, 0.3) is 5.91 Å². The van der Waals surface area contributed by atoms with E-state index in [1.807, 2.05) is 35.2 Å². The summed E-state index contributed by atoms with van der Waals surface area (Å²) in [5, 5.41) is 21.0. The normalized spacial score (nSPS) is 15.6. The number of carbonyl (C=O) groups excluding carboxylic acids is 1. The fraction of sp³-hybridized carbons (Fsp3) is 0.444. The van der Waals surface area contributed by atoms with Crippen LogP contribution in [0.5, 0.6) is 5.75 Å². The van der Waals surface area contributed by atoms with E-state index < -0.39 is 0 Å². The Morgan fingerprint density at radius 2 is 2.00 bits per heavy atom. The van der Waals surface area contributed by atoms with Gasteiger partial charge in [0.1, 0.15) is 17.4 Å². The van der Waals surface area contributed by atoms with Crippen molar-refractivity contribution in [3.63, 3.8) is 0 Å². The lowest BCUT2D eigenvalue weighted by molar-refractivity contribution is -0.117. The topological polar surface area (TPSA) is 88.8 Å². The molecule has 1 amide bonds. The van der Waals surface area contributed by atoms with Crippen LogP contribution in [0.4, 0.5) is 0 Å². The zero-order valence-corrected chi connectivity index (χ0v) is 14.4. The van der Waals surface area contributed by atoms with Gasteiger partial charge in [-0.2, -0.15) is 5.26 Å². The highest BCUT2D eigenvalue weighted by molar-refractivity contribution is 5.97. The Labute approximate surface area is 148 Å². The molecule has 25 heavy (non-hydrogen) atoms. The standard InChI is InChI=1S/C18H24N4O3/c1-25-17-4-2-15(3-5-17)13-20-18(24)16(12-19)14-22-8-6-21(7-9-22)10-11-23/h2-5,14,23H,6-11,13H2,1H3,(H,20,24)/b16-14-. The number of benzene rings is 1. The number of piperazine rings is 1. The van der Waals surface area contributed by atoms with Gasteiger partial charge in [-0.1, -0.05) is 12.1 Å². The van der Waals surface area contributed by atoms with Crippen molar-refractivity contribution in [2.75, 3.05) is 46.4 Å². The second-order valence-electron chi connectivity index (χ2n) is 5.79. The summed E-state index contributed by atoms with van der Waals surface area (Å²) in [6.45, 7) is 4.24. The third-order valence-corrected chi connectivity index (χ3v) is 4.11. The van der Waals surface area contributed by atoms with E-state index in [9.17, 15) is 10.1 Å². The molecule has 1 saturated heterocycles. The molecule has 7 heteroatoms. The van der Waals surface area contributed by atoms with E-state index in [4.69, 9.17) is 9.84 Å². The molecule has 1 heterocycles. The van der Waals surface area contributed by atoms with Crippen molar-refractivity contribution >= 4 is 5.91 Å². The third-order valence-electron chi connectivity index (χ3n) is 4.11. The summed E-state index contributed by atoms with van der Waals surface area (Å²) in [4.78, 5) is 16.3. The minimum Gasteiger partial charge on any atom is -0.497 e. The van der Waals surface area contributed by atoms with E-state index in [0.29, 0.717) is 13.1 Å². The van der Waals surface area contributed by atoms with Crippen molar-refractivity contribution in [1.82, 2.24) is 15.1 Å². The summed E-state index contributed by atoms with van der Waals surface area (Å²) in [6.07, 6.45) is 1.62. The van der Waals surface area contributed by atoms with Crippen molar-refractivity contribution in [3.8, 4) is 11.8 Å². The van der Waals surface area contributed by atoms with Crippen LogP contribution < -0.4 is 10.1 Å². The molecule has 1 aromatic rings. The molecule has 1 aliphatic heterocycles. The van der Waals surface area contributed by atoms with Crippen molar-refractivity contribution in [3.05, 3.63) is 41.6 Å². The second kappa shape index (κ2) is 9.67. The van der Waals surface area contributed by atoms with Gasteiger partial charge < -0.3 is 20.1 Å². The maximum Gasteiger partial charge on any atom is 0.263 e. The van der Waals surface area contributed by atoms with Gasteiger partial charge in [0.05, 0.1) is 13.7 Å². The van der Waals surface area contributed by atoms with E-state index in [1.54, 1.807) is 13.3 Å². The molecule has 0 radical (unpaired) electrons. The lowest BCUT2D eigenvalue weighted by Gasteiger charge is -2.33. The monoisotopic (exact) mass is 344 g/mol. The number of hydrogen-bond acceptors (Lipinski definition) is 6. The molecular formula is C18H24N4O3. The molecule has 1 fully saturated rings. The lowest BCUT2D eigenvalue weighted by atomic mass is 10.2. The molecule has 0 atom stereocenters. The average Bonchev–Trinajstić information content (AvgIpc) is 2.66. The number of hydrogen-bond donors (Lipinski definition) is 2. The Morgan fingerprint density at radius 3 is 2.56 bits per heavy atom. The molecule has 0 saturated carbocycles. The lowest BCUT2D eigenvalue weighted by Crippen LogP contribution is -2.45. The molecule has 0 aliphatic carbocycles. The summed E-state index contributed by atoms with van der Waals surface area (Å²) < 4.78 is 5.10. The molecule has 0 bridgehead atoms. The Kier molecular flexibility index (Phi) is 7.26. The summed E-state index contributed by atoms with van der Waals surface area (Å²) in [6, 6.07) is 9.37. The van der Waals surface area contributed by atoms with Crippen LogP contribution in [-0.4, -0.2) is 67.3 Å². The van der Waals surface area contributed by atoms with E-state index in [-0.39, 0.29) is 18.1 Å². The molecule has 0 spiro atoms. The van der Waals surface area contributed by atoms with Crippen molar-refractivity contribution in [1.29, 1.82) is 5.26 Å². The number of β-amino-alcohol motifs (C(OH)–C–C–N with tert-alkyl or cyclic N) is 1. The van der Waals surface area contributed by atoms with Gasteiger partial charge in [-0.15, -0.1) is 0 Å². The van der Waals surface area contributed by atoms with E-state index in [1.165, 1.54) is 0 Å². The predicted molar refractivity (Wildman–Crippen MR) is 93.6 cm³/mol. The Morgan fingerprint density at radius 1 is 1.32 bits per heavy atom. The molecule has 0 unspecified atom stereocenters. The van der Waals surface area contributed by atoms with E-state index >= 15 is 0 Å². The van der Waals surface area contributed by atoms with Crippen LogP contribution in [-0.2, 0) is 11.3 Å². The van der Waals surface area contributed by atoms with Gasteiger partial charge in [0, 0.05) is 45.5 Å². The number of nitrogens with zero attached hydrogens (tertiary/aromatic N) is 3. The highest BCUT2D eigenvalue weighted by Gasteiger charge is 2.16. The van der Waals surface area contributed by atoms with Crippen LogP contribution in [0.3, 0.4) is 0 Å². The van der Waals surface area contributed by atoms with Gasteiger partial charge in [0.2, 0.25) is 0 Å². The number of rotatable bonds is 7. The number of methoxy groups -OCH3 is 1. The van der Waals surface area contributed by atoms with Crippen LogP contribution in [0.1, 0.15) is 5.56 Å². The molecule has 1 aromatic carbocycles. The molecule has 2 rings (SSSR count). The van der Waals surface area contributed by atoms with Crippen LogP contribution in [0.2, 0.25) is 0 Å². The quantitative estimate of drug-likeness (QED) is 0.547. The summed E-state index contributed by atoms with van der Waals surface area (Å²) in [7, 11) is 1.60. The first-order valence-electron chi connectivity index (χ1n) is 8.26. The minimum atomic E-state index is -0.379. The molecule has 0 aromatic heterocycles. The maximum atomic E-state index is 12.2. The zero-order valence-electron chi connectivity index (χ0n) is 14.4. The van der Waals surface area contributed by atoms with Crippen LogP contribution in [0.15, 0.2) is 36.0 Å². The number of nitrogens with one attached hydrogen (secondary N) is 1. The highest BCUT2D eigenvalue weighted by atomic mass is 16.5. The summed E-state index contributed by atoms with van der Waals surface area (Å²) >= 11 is 0. The fourth-order valence-corrected chi connectivity index (χ4v) is 2.60. The number of ether oxygens (including phenoxy) is 1. The van der Waals surface area contributed by atoms with Crippen LogP contribution in [0.25, 0.3) is 0 Å². The number of aliphatic hydroxyl groups is 1. The largest absolute Gasteiger partial charge is 0.497 e. The highest BCUT2D eigenvalue weighted by Crippen LogP contribution is 2.11. The summed E-state index contributed by atoms with van der Waals surface area (Å²) in [5.74, 6) is 0.379. The average molecular weight is 344 g/mol.